The van der Waals surface area contributed by atoms with E-state index in [4.69, 9.17) is 14.7 Å². The maximum Gasteiger partial charge on any atom is 0.488 e. The van der Waals surface area contributed by atoms with Gasteiger partial charge in [0.2, 0.25) is 0 Å². The summed E-state index contributed by atoms with van der Waals surface area (Å²) in [5.41, 5.74) is 0. The van der Waals surface area contributed by atoms with Crippen molar-refractivity contribution in [2.45, 2.75) is 0 Å². The first kappa shape index (κ1) is 19.2. The molecule has 0 radical (unpaired) electrons. The molecule has 0 aromatic rings. The predicted molar refractivity (Wildman–Crippen MR) is 73.9 cm³/mol. The van der Waals surface area contributed by atoms with E-state index in [1.807, 2.05) is 0 Å². The minimum absolute atomic E-state index is 3.11. The third-order valence-electron chi connectivity index (χ3n) is 0.625. The van der Waals surface area contributed by atoms with Crippen LogP contribution in [0.4, 0.5) is 0 Å². The summed E-state index contributed by atoms with van der Waals surface area (Å²) in [5.74, 6) is 0. The van der Waals surface area contributed by atoms with Gasteiger partial charge in [0.25, 0.3) is 0 Å². The van der Waals surface area contributed by atoms with Crippen LogP contribution in [0.1, 0.15) is 0 Å². The molecular formula is H6O9P4S4. The van der Waals surface area contributed by atoms with Crippen LogP contribution in [0.3, 0.4) is 0 Å². The average Bonchev–Trinajstić information content (AvgIpc) is 1.65. The zero-order chi connectivity index (χ0) is 14.1. The lowest BCUT2D eigenvalue weighted by molar-refractivity contribution is 0.223. The van der Waals surface area contributed by atoms with E-state index in [9.17, 15) is 14.0 Å². The van der Waals surface area contributed by atoms with Crippen molar-refractivity contribution < 1.29 is 41.6 Å². The Hall–Kier alpha value is 2.18. The molecule has 0 aliphatic carbocycles. The van der Waals surface area contributed by atoms with Crippen molar-refractivity contribution >= 4 is 75.1 Å². The largest absolute Gasteiger partial charge is 0.488 e. The molecule has 2 atom stereocenters. The summed E-state index contributed by atoms with van der Waals surface area (Å²) in [4.78, 5) is 34.7. The molecule has 0 aliphatic heterocycles. The molecule has 0 aliphatic rings. The molecule has 9 nitrogen and oxygen atoms in total. The van der Waals surface area contributed by atoms with E-state index in [-0.39, 0.29) is 0 Å². The zero-order valence-corrected chi connectivity index (χ0v) is 14.3. The molecule has 104 valence electrons. The smallest absolute Gasteiger partial charge is 0.324 e. The quantitative estimate of drug-likeness (QED) is 0.284. The minimum atomic E-state index is -5.31. The molecule has 0 amide bonds. The van der Waals surface area contributed by atoms with Crippen molar-refractivity contribution in [1.82, 2.24) is 0 Å². The number of hydrogen-bond donors (Lipinski definition) is 6. The van der Waals surface area contributed by atoms with Crippen LogP contribution in [0.5, 0.6) is 0 Å². The Bertz CT molecular complexity index is 414. The van der Waals surface area contributed by atoms with Crippen LogP contribution < -0.4 is 0 Å². The second-order valence-electron chi connectivity index (χ2n) is 2.16. The molecule has 17 heteroatoms. The van der Waals surface area contributed by atoms with E-state index in [1.54, 1.807) is 0 Å². The van der Waals surface area contributed by atoms with E-state index in [0.29, 0.717) is 0 Å². The van der Waals surface area contributed by atoms with Gasteiger partial charge in [0.05, 0.1) is 0 Å². The predicted octanol–water partition coefficient (Wildman–Crippen LogP) is 1.53. The van der Waals surface area contributed by atoms with Crippen LogP contribution in [-0.2, 0) is 45.7 Å². The van der Waals surface area contributed by atoms with Crippen LogP contribution in [-0.4, -0.2) is 19.6 Å². The summed E-state index contributed by atoms with van der Waals surface area (Å²) < 4.78 is 29.9. The Morgan fingerprint density at radius 1 is 0.882 bits per heavy atom. The third-order valence-corrected chi connectivity index (χ3v) is 8.74. The summed E-state index contributed by atoms with van der Waals surface area (Å²) in [7, 11) is -10.6. The summed E-state index contributed by atoms with van der Waals surface area (Å²) in [6.45, 7) is -4.38. The summed E-state index contributed by atoms with van der Waals surface area (Å²) in [6.07, 6.45) is 0. The van der Waals surface area contributed by atoms with Crippen LogP contribution in [0.15, 0.2) is 0 Å². The van der Waals surface area contributed by atoms with E-state index >= 15 is 0 Å². The maximum absolute atomic E-state index is 11.0. The normalized spacial score (nSPS) is 20.6. The van der Waals surface area contributed by atoms with Crippen molar-refractivity contribution in [1.29, 1.82) is 0 Å². The maximum atomic E-state index is 11.0. The lowest BCUT2D eigenvalue weighted by atomic mass is 15.7. The van der Waals surface area contributed by atoms with Crippen LogP contribution in [0, 0.1) is 0 Å². The van der Waals surface area contributed by atoms with Gasteiger partial charge in [0.15, 0.2) is 4.67 Å². The van der Waals surface area contributed by atoms with Gasteiger partial charge in [0.1, 0.15) is 0 Å². The van der Waals surface area contributed by atoms with Crippen molar-refractivity contribution in [3.05, 3.63) is 0 Å². The van der Waals surface area contributed by atoms with Crippen molar-refractivity contribution in [2.75, 3.05) is 0 Å². The molecule has 17 heavy (non-hydrogen) atoms. The Kier molecular flexibility index (Phi) is 7.11. The highest BCUT2D eigenvalue weighted by Gasteiger charge is 2.39. The standard InChI is InChI=1S/H6O9P4S4/c1-10(2,3)7-11(4,5)8-12(6,14)9-13(15,16)17/h(H,4,5)(H,6,14)(H2,1,2,3)(H2,15,16,17). The molecule has 0 spiro atoms. The fraction of sp³-hybridized carbons (Fsp3) is 0. The molecule has 0 heterocycles. The molecular weight excluding hydrogens is 396 g/mol. The second kappa shape index (κ2) is 6.30. The minimum Gasteiger partial charge on any atom is -0.324 e. The van der Waals surface area contributed by atoms with E-state index in [0.717, 1.165) is 0 Å². The molecule has 0 saturated heterocycles. The van der Waals surface area contributed by atoms with E-state index in [2.05, 4.69) is 61.0 Å². The second-order valence-corrected chi connectivity index (χ2v) is 16.8. The molecule has 0 fully saturated rings. The SMILES string of the molecule is O=P(O)(O)OP(=O)(O)OP(O)(=S)OP(=S)(S)S. The first-order valence-electron chi connectivity index (χ1n) is 3.03. The number of thiol groups is 2. The Balaban J connectivity index is 4.84. The van der Waals surface area contributed by atoms with E-state index < -0.39 is 27.0 Å². The monoisotopic (exact) mass is 402 g/mol. The van der Waals surface area contributed by atoms with Gasteiger partial charge in [-0.3, -0.25) is 4.31 Å². The molecule has 0 saturated carbocycles. The average molecular weight is 402 g/mol. The first-order valence-corrected chi connectivity index (χ1v) is 13.7. The van der Waals surface area contributed by atoms with Gasteiger partial charge >= 0.3 is 22.4 Å². The molecule has 0 rings (SSSR count). The molecule has 0 aromatic heterocycles. The number of rotatable bonds is 6. The molecule has 0 bridgehead atoms. The Labute approximate surface area is 116 Å². The lowest BCUT2D eigenvalue weighted by Crippen LogP contribution is -1.93. The van der Waals surface area contributed by atoms with Crippen LogP contribution in [0.25, 0.3) is 0 Å². The van der Waals surface area contributed by atoms with Gasteiger partial charge in [-0.05, 0) is 23.6 Å². The van der Waals surface area contributed by atoms with Gasteiger partial charge in [-0.2, -0.15) is 4.31 Å². The van der Waals surface area contributed by atoms with Gasteiger partial charge in [0, 0.05) is 0 Å². The molecule has 4 N–H and O–H groups in total. The van der Waals surface area contributed by atoms with Crippen molar-refractivity contribution in [3.63, 3.8) is 0 Å². The van der Waals surface area contributed by atoms with Crippen molar-refractivity contribution in [3.8, 4) is 0 Å². The van der Waals surface area contributed by atoms with Crippen LogP contribution in [0.2, 0.25) is 0 Å². The topological polar surface area (TPSA) is 143 Å². The molecule has 0 aromatic carbocycles. The summed E-state index contributed by atoms with van der Waals surface area (Å²) >= 11 is 16.0. The lowest BCUT2D eigenvalue weighted by Gasteiger charge is -2.20. The van der Waals surface area contributed by atoms with Gasteiger partial charge in [-0.25, -0.2) is 13.4 Å². The fourth-order valence-corrected chi connectivity index (χ4v) is 9.92. The summed E-state index contributed by atoms with van der Waals surface area (Å²) in [6, 6.07) is 0. The molecule has 2 unspecified atom stereocenters. The van der Waals surface area contributed by atoms with E-state index in [1.165, 1.54) is 0 Å². The fourth-order valence-electron chi connectivity index (χ4n) is 0.429. The highest BCUT2D eigenvalue weighted by atomic mass is 33.2. The van der Waals surface area contributed by atoms with Crippen LogP contribution >= 0.6 is 51.5 Å². The zero-order valence-electron chi connectivity index (χ0n) is 7.33. The Morgan fingerprint density at radius 3 is 1.59 bits per heavy atom. The van der Waals surface area contributed by atoms with Gasteiger partial charge in [-0.15, -0.1) is 24.5 Å². The van der Waals surface area contributed by atoms with Gasteiger partial charge < -0.3 is 19.6 Å². The number of hydrogen-bond acceptors (Lipinski definition) is 7. The highest BCUT2D eigenvalue weighted by Crippen LogP contribution is 2.74. The summed E-state index contributed by atoms with van der Waals surface area (Å²) in [5, 5.41) is 0. The first-order chi connectivity index (χ1) is 7.12. The highest BCUT2D eigenvalue weighted by molar-refractivity contribution is 8.91. The number of phosphoric acid groups is 2. The van der Waals surface area contributed by atoms with Crippen molar-refractivity contribution in [2.24, 2.45) is 0 Å². The third kappa shape index (κ3) is 11.7. The Morgan fingerprint density at radius 2 is 1.29 bits per heavy atom. The van der Waals surface area contributed by atoms with Gasteiger partial charge in [-0.1, -0.05) is 0 Å².